The van der Waals surface area contributed by atoms with E-state index in [0.29, 0.717) is 0 Å². The van der Waals surface area contributed by atoms with Crippen molar-refractivity contribution < 1.29 is 14.2 Å². The van der Waals surface area contributed by atoms with Gasteiger partial charge in [0.1, 0.15) is 0 Å². The predicted molar refractivity (Wildman–Crippen MR) is 269 cm³/mol. The van der Waals surface area contributed by atoms with E-state index in [1.807, 2.05) is 11.8 Å². The SMILES string of the molecule is CC1=CCCC1.CC1=CCCCC1.CC1=CCSCC1.CC1CCC1.CC1CCCCC1.CC1CCOCC1.CC1CCSCC1.CN1CCOCC1.C[C@H]1CCOC1. The standard InChI is InChI=1S/C7H14.C7H12.C6H12O.C6H12S.C6H10S.C6H10.C5H11NO.C5H10O.C5H10/c2*1-7-5-3-2-4-6-7;3*1-6-2-4-7-5-3-6;1-6-4-2-3-5-6;1-6-2-4-7-5-3-6;1-5-2-3-6-4-5;1-5-3-2-4-5/h7H,2-6H2,1H3;5H,2-4,6H2,1H3;2*6H,2-5H2,1H3;2H,3-5H2,1H3;4H,2-3,5H2,1H3;2-5H2,1H3;5H,2-4H2,1H3;5H,2-4H2,1H3/t;;;;;;;5-;/m.......0./s1. The summed E-state index contributed by atoms with van der Waals surface area (Å²) in [6, 6.07) is 0. The molecule has 0 amide bonds. The summed E-state index contributed by atoms with van der Waals surface area (Å²) in [6.45, 7) is 26.1. The molecule has 9 rings (SSSR count). The van der Waals surface area contributed by atoms with E-state index >= 15 is 0 Å². The fourth-order valence-corrected chi connectivity index (χ4v) is 9.68. The highest BCUT2D eigenvalue weighted by atomic mass is 32.2. The molecule has 5 aliphatic heterocycles. The maximum atomic E-state index is 5.14. The van der Waals surface area contributed by atoms with Gasteiger partial charge < -0.3 is 19.1 Å². The summed E-state index contributed by atoms with van der Waals surface area (Å²) in [5.74, 6) is 10.2. The van der Waals surface area contributed by atoms with Gasteiger partial charge >= 0.3 is 0 Å². The average Bonchev–Trinajstić information content (AvgIpc) is 3.94. The average molecular weight is 865 g/mol. The van der Waals surface area contributed by atoms with Gasteiger partial charge in [0.2, 0.25) is 0 Å². The zero-order valence-electron chi connectivity index (χ0n) is 40.9. The van der Waals surface area contributed by atoms with Crippen LogP contribution in [0.5, 0.6) is 0 Å². The number of morpholine rings is 1. The van der Waals surface area contributed by atoms with E-state index in [0.717, 1.165) is 82.3 Å². The molecule has 0 N–H and O–H groups in total. The largest absolute Gasteiger partial charge is 0.381 e. The molecule has 6 heteroatoms. The minimum absolute atomic E-state index is 0.824. The third-order valence-electron chi connectivity index (χ3n) is 12.7. The molecule has 4 nitrogen and oxygen atoms in total. The van der Waals surface area contributed by atoms with Crippen LogP contribution in [0.3, 0.4) is 0 Å². The number of likely N-dealkylation sites (N-methyl/N-ethyl adjacent to an activating group) is 1. The van der Waals surface area contributed by atoms with Crippen molar-refractivity contribution in [2.24, 2.45) is 29.6 Å². The second-order valence-electron chi connectivity index (χ2n) is 19.4. The van der Waals surface area contributed by atoms with Crippen LogP contribution in [0.25, 0.3) is 0 Å². The van der Waals surface area contributed by atoms with Gasteiger partial charge in [0.15, 0.2) is 0 Å². The smallest absolute Gasteiger partial charge is 0.0594 e. The number of rotatable bonds is 0. The zero-order valence-corrected chi connectivity index (χ0v) is 42.6. The fourth-order valence-electron chi connectivity index (χ4n) is 7.31. The van der Waals surface area contributed by atoms with Crippen molar-refractivity contribution in [1.29, 1.82) is 0 Å². The first kappa shape index (κ1) is 56.8. The Hall–Kier alpha value is -0.240. The molecule has 0 radical (unpaired) electrons. The summed E-state index contributed by atoms with van der Waals surface area (Å²) in [5, 5.41) is 0. The minimum atomic E-state index is 0.824. The van der Waals surface area contributed by atoms with E-state index in [1.54, 1.807) is 16.7 Å². The minimum Gasteiger partial charge on any atom is -0.381 e. The van der Waals surface area contributed by atoms with Crippen LogP contribution < -0.4 is 0 Å². The quantitative estimate of drug-likeness (QED) is 0.226. The third-order valence-corrected chi connectivity index (χ3v) is 14.6. The van der Waals surface area contributed by atoms with Gasteiger partial charge in [-0.3, -0.25) is 0 Å². The number of nitrogens with zero attached hydrogens (tertiary/aromatic N) is 1. The summed E-state index contributed by atoms with van der Waals surface area (Å²) in [7, 11) is 2.11. The lowest BCUT2D eigenvalue weighted by Gasteiger charge is -2.21. The Morgan fingerprint density at radius 1 is 0.441 bits per heavy atom. The Morgan fingerprint density at radius 3 is 1.17 bits per heavy atom. The number of ether oxygens (including phenoxy) is 3. The summed E-state index contributed by atoms with van der Waals surface area (Å²) in [4.78, 5) is 2.27. The van der Waals surface area contributed by atoms with Crippen LogP contribution >= 0.6 is 23.5 Å². The van der Waals surface area contributed by atoms with Gasteiger partial charge in [-0.25, -0.2) is 0 Å². The number of allylic oxidation sites excluding steroid dienone is 5. The molecule has 5 heterocycles. The molecule has 0 spiro atoms. The highest BCUT2D eigenvalue weighted by Gasteiger charge is 2.10. The molecule has 348 valence electrons. The van der Waals surface area contributed by atoms with Crippen LogP contribution in [0.1, 0.15) is 190 Å². The first-order valence-corrected chi connectivity index (χ1v) is 27.4. The Balaban J connectivity index is 0.000000332. The van der Waals surface area contributed by atoms with Crippen LogP contribution in [0.2, 0.25) is 0 Å². The summed E-state index contributed by atoms with van der Waals surface area (Å²) >= 11 is 4.12. The Kier molecular flexibility index (Phi) is 39.0. The van der Waals surface area contributed by atoms with E-state index < -0.39 is 0 Å². The molecule has 0 unspecified atom stereocenters. The molecule has 59 heavy (non-hydrogen) atoms. The van der Waals surface area contributed by atoms with Crippen molar-refractivity contribution in [2.45, 2.75) is 190 Å². The second-order valence-corrected chi connectivity index (χ2v) is 21.7. The lowest BCUT2D eigenvalue weighted by molar-refractivity contribution is 0.0503. The van der Waals surface area contributed by atoms with E-state index in [4.69, 9.17) is 14.2 Å². The molecular weight excluding hydrogens is 763 g/mol. The maximum Gasteiger partial charge on any atom is 0.0594 e. The molecule has 6 fully saturated rings. The second kappa shape index (κ2) is 40.5. The first-order chi connectivity index (χ1) is 28.5. The molecule has 4 saturated heterocycles. The van der Waals surface area contributed by atoms with Crippen LogP contribution in [0.4, 0.5) is 0 Å². The predicted octanol–water partition coefficient (Wildman–Crippen LogP) is 15.7. The summed E-state index contributed by atoms with van der Waals surface area (Å²) in [5.41, 5.74) is 4.74. The lowest BCUT2D eigenvalue weighted by Crippen LogP contribution is -2.32. The highest BCUT2D eigenvalue weighted by molar-refractivity contribution is 7.99. The van der Waals surface area contributed by atoms with Gasteiger partial charge in [0.05, 0.1) is 13.2 Å². The van der Waals surface area contributed by atoms with Crippen LogP contribution in [0.15, 0.2) is 34.9 Å². The van der Waals surface area contributed by atoms with Gasteiger partial charge in [0, 0.05) is 45.3 Å². The van der Waals surface area contributed by atoms with Gasteiger partial charge in [0.25, 0.3) is 0 Å². The maximum absolute atomic E-state index is 5.14. The van der Waals surface area contributed by atoms with Crippen molar-refractivity contribution >= 4 is 23.5 Å². The molecular formula is C53H101NO3S2. The molecule has 0 aromatic heterocycles. The van der Waals surface area contributed by atoms with E-state index in [2.05, 4.69) is 97.3 Å². The van der Waals surface area contributed by atoms with Crippen LogP contribution in [-0.2, 0) is 14.2 Å². The monoisotopic (exact) mass is 864 g/mol. The summed E-state index contributed by atoms with van der Waals surface area (Å²) in [6.07, 6.45) is 36.5. The van der Waals surface area contributed by atoms with Gasteiger partial charge in [-0.1, -0.05) is 121 Å². The normalized spacial score (nSPS) is 25.0. The Bertz CT molecular complexity index is 908. The van der Waals surface area contributed by atoms with Crippen molar-refractivity contribution in [3.8, 4) is 0 Å². The first-order valence-electron chi connectivity index (χ1n) is 25.1. The number of thioether (sulfide) groups is 2. The molecule has 0 aromatic rings. The number of hydrogen-bond acceptors (Lipinski definition) is 6. The van der Waals surface area contributed by atoms with Gasteiger partial charge in [-0.15, -0.1) is 0 Å². The van der Waals surface area contributed by atoms with Crippen molar-refractivity contribution in [1.82, 2.24) is 4.90 Å². The molecule has 2 saturated carbocycles. The molecule has 0 aromatic carbocycles. The zero-order chi connectivity index (χ0) is 43.2. The molecule has 9 aliphatic rings. The lowest BCUT2D eigenvalue weighted by atomic mass is 9.88. The molecule has 1 atom stereocenters. The molecule has 4 aliphatic carbocycles. The van der Waals surface area contributed by atoms with Gasteiger partial charge in [-0.2, -0.15) is 23.5 Å². The fraction of sp³-hybridized carbons (Fsp3) is 0.887. The van der Waals surface area contributed by atoms with Crippen LogP contribution in [0, 0.1) is 29.6 Å². The topological polar surface area (TPSA) is 30.9 Å². The highest BCUT2D eigenvalue weighted by Crippen LogP contribution is 2.25. The number of hydrogen-bond donors (Lipinski definition) is 0. The van der Waals surface area contributed by atoms with Gasteiger partial charge in [-0.05, 0) is 158 Å². The summed E-state index contributed by atoms with van der Waals surface area (Å²) < 4.78 is 15.3. The van der Waals surface area contributed by atoms with Crippen molar-refractivity contribution in [2.75, 3.05) is 82.8 Å². The molecule has 0 bridgehead atoms. The van der Waals surface area contributed by atoms with E-state index in [1.165, 1.54) is 158 Å². The third kappa shape index (κ3) is 39.1. The van der Waals surface area contributed by atoms with Crippen molar-refractivity contribution in [3.05, 3.63) is 34.9 Å². The Labute approximate surface area is 378 Å². The van der Waals surface area contributed by atoms with E-state index in [-0.39, 0.29) is 0 Å². The van der Waals surface area contributed by atoms with E-state index in [9.17, 15) is 0 Å². The van der Waals surface area contributed by atoms with Crippen molar-refractivity contribution in [3.63, 3.8) is 0 Å². The Morgan fingerprint density at radius 2 is 0.932 bits per heavy atom. The van der Waals surface area contributed by atoms with Crippen LogP contribution in [-0.4, -0.2) is 87.7 Å².